The van der Waals surface area contributed by atoms with Crippen LogP contribution in [0.5, 0.6) is 0 Å². The van der Waals surface area contributed by atoms with Crippen molar-refractivity contribution in [2.45, 2.75) is 25.3 Å². The van der Waals surface area contributed by atoms with E-state index in [4.69, 9.17) is 0 Å². The maximum atomic E-state index is 11.8. The largest absolute Gasteiger partial charge is 0.313 e. The highest BCUT2D eigenvalue weighted by Gasteiger charge is 2.17. The molecule has 1 unspecified atom stereocenters. The fourth-order valence-corrected chi connectivity index (χ4v) is 2.76. The van der Waals surface area contributed by atoms with Crippen molar-refractivity contribution in [3.63, 3.8) is 0 Å². The van der Waals surface area contributed by atoms with Gasteiger partial charge in [-0.25, -0.2) is 4.98 Å². The molecule has 0 radical (unpaired) electrons. The number of Topliss-reactive ketones (excluding diaryl/α,β-unsaturated/α-hetero) is 1. The highest BCUT2D eigenvalue weighted by Crippen LogP contribution is 2.09. The molecular weight excluding hydrogens is 234 g/mol. The predicted molar refractivity (Wildman–Crippen MR) is 69.6 cm³/mol. The number of likely N-dealkylation sites (N-methyl/N-ethyl adjacent to an activating group) is 1. The van der Waals surface area contributed by atoms with Gasteiger partial charge in [-0.3, -0.25) is 9.69 Å². The molecule has 1 aromatic rings. The molecule has 0 amide bonds. The number of nitrogens with zero attached hydrogens (tertiary/aromatic N) is 2. The van der Waals surface area contributed by atoms with E-state index in [1.165, 1.54) is 30.6 Å². The van der Waals surface area contributed by atoms with Crippen LogP contribution >= 0.6 is 11.3 Å². The highest BCUT2D eigenvalue weighted by atomic mass is 32.1. The normalized spacial score (nSPS) is 20.7. The summed E-state index contributed by atoms with van der Waals surface area (Å²) in [5.74, 6) is 0.123. The second-order valence-electron chi connectivity index (χ2n) is 4.60. The Kier molecular flexibility index (Phi) is 4.65. The third kappa shape index (κ3) is 3.87. The topological polar surface area (TPSA) is 45.2 Å². The van der Waals surface area contributed by atoms with Gasteiger partial charge in [-0.1, -0.05) is 6.42 Å². The molecule has 5 heteroatoms. The lowest BCUT2D eigenvalue weighted by molar-refractivity contribution is 0.0938. The molecule has 94 valence electrons. The van der Waals surface area contributed by atoms with Crippen molar-refractivity contribution in [2.75, 3.05) is 26.7 Å². The Labute approximate surface area is 106 Å². The first-order chi connectivity index (χ1) is 8.25. The third-order valence-corrected chi connectivity index (χ3v) is 3.84. The van der Waals surface area contributed by atoms with Crippen LogP contribution in [0.1, 0.15) is 29.1 Å². The molecule has 17 heavy (non-hydrogen) atoms. The van der Waals surface area contributed by atoms with Crippen LogP contribution < -0.4 is 5.32 Å². The summed E-state index contributed by atoms with van der Waals surface area (Å²) in [6.45, 7) is 2.52. The number of hydrogen-bond acceptors (Lipinski definition) is 5. The number of carbonyl (C=O) groups excluding carboxylic acids is 1. The van der Waals surface area contributed by atoms with Crippen molar-refractivity contribution in [1.82, 2.24) is 15.2 Å². The molecule has 0 aliphatic carbocycles. The SMILES string of the molecule is CN(CC(=O)c1nccs1)CC1CCCCN1. The molecule has 1 N–H and O–H groups in total. The molecule has 2 heterocycles. The van der Waals surface area contributed by atoms with Gasteiger partial charge >= 0.3 is 0 Å². The monoisotopic (exact) mass is 253 g/mol. The minimum absolute atomic E-state index is 0.123. The number of hydrogen-bond donors (Lipinski definition) is 1. The Hall–Kier alpha value is -0.780. The summed E-state index contributed by atoms with van der Waals surface area (Å²) in [4.78, 5) is 18.0. The molecule has 1 atom stereocenters. The second-order valence-corrected chi connectivity index (χ2v) is 5.50. The van der Waals surface area contributed by atoms with E-state index in [2.05, 4.69) is 15.2 Å². The van der Waals surface area contributed by atoms with Crippen molar-refractivity contribution < 1.29 is 4.79 Å². The van der Waals surface area contributed by atoms with Crippen LogP contribution in [-0.2, 0) is 0 Å². The molecule has 0 aromatic carbocycles. The number of aromatic nitrogens is 1. The first kappa shape index (κ1) is 12.7. The van der Waals surface area contributed by atoms with Crippen LogP contribution in [0.25, 0.3) is 0 Å². The second kappa shape index (κ2) is 6.23. The third-order valence-electron chi connectivity index (χ3n) is 3.03. The Balaban J connectivity index is 1.76. The Bertz CT molecular complexity index is 347. The van der Waals surface area contributed by atoms with Crippen LogP contribution in [0.2, 0.25) is 0 Å². The lowest BCUT2D eigenvalue weighted by Crippen LogP contribution is -2.43. The van der Waals surface area contributed by atoms with E-state index in [9.17, 15) is 4.79 Å². The number of rotatable bonds is 5. The van der Waals surface area contributed by atoms with Gasteiger partial charge < -0.3 is 5.32 Å². The van der Waals surface area contributed by atoms with E-state index in [0.29, 0.717) is 17.6 Å². The molecule has 4 nitrogen and oxygen atoms in total. The van der Waals surface area contributed by atoms with Crippen molar-refractivity contribution in [2.24, 2.45) is 0 Å². The summed E-state index contributed by atoms with van der Waals surface area (Å²) in [5.41, 5.74) is 0. The molecule has 0 spiro atoms. The number of piperidine rings is 1. The maximum absolute atomic E-state index is 11.8. The van der Waals surface area contributed by atoms with Gasteiger partial charge in [0.2, 0.25) is 5.78 Å². The van der Waals surface area contributed by atoms with Gasteiger partial charge in [0.25, 0.3) is 0 Å². The van der Waals surface area contributed by atoms with Crippen LogP contribution in [0, 0.1) is 0 Å². The molecule has 2 rings (SSSR count). The van der Waals surface area contributed by atoms with Crippen molar-refractivity contribution >= 4 is 17.1 Å². The molecular formula is C12H19N3OS. The molecule has 0 bridgehead atoms. The predicted octanol–water partition coefficient (Wildman–Crippen LogP) is 1.40. The van der Waals surface area contributed by atoms with Crippen molar-refractivity contribution in [3.05, 3.63) is 16.6 Å². The summed E-state index contributed by atoms with van der Waals surface area (Å²) >= 11 is 1.42. The Morgan fingerprint density at radius 1 is 1.65 bits per heavy atom. The zero-order valence-corrected chi connectivity index (χ0v) is 11.0. The van der Waals surface area contributed by atoms with Crippen LogP contribution in [0.15, 0.2) is 11.6 Å². The number of thiazole rings is 1. The van der Waals surface area contributed by atoms with E-state index in [1.807, 2.05) is 12.4 Å². The van der Waals surface area contributed by atoms with Gasteiger partial charge in [0.1, 0.15) is 0 Å². The molecule has 1 saturated heterocycles. The summed E-state index contributed by atoms with van der Waals surface area (Å²) < 4.78 is 0. The van der Waals surface area contributed by atoms with E-state index in [1.54, 1.807) is 6.20 Å². The minimum Gasteiger partial charge on any atom is -0.313 e. The zero-order chi connectivity index (χ0) is 12.1. The average Bonchev–Trinajstić information content (AvgIpc) is 2.83. The summed E-state index contributed by atoms with van der Waals surface area (Å²) in [5, 5.41) is 5.95. The van der Waals surface area contributed by atoms with E-state index >= 15 is 0 Å². The van der Waals surface area contributed by atoms with Crippen molar-refractivity contribution in [3.8, 4) is 0 Å². The molecule has 1 aliphatic rings. The number of ketones is 1. The lowest BCUT2D eigenvalue weighted by atomic mass is 10.0. The van der Waals surface area contributed by atoms with Gasteiger partial charge in [-0.05, 0) is 26.4 Å². The van der Waals surface area contributed by atoms with Gasteiger partial charge in [-0.2, -0.15) is 0 Å². The average molecular weight is 253 g/mol. The molecule has 1 aliphatic heterocycles. The van der Waals surface area contributed by atoms with E-state index < -0.39 is 0 Å². The minimum atomic E-state index is 0.123. The van der Waals surface area contributed by atoms with Crippen LogP contribution in [0.4, 0.5) is 0 Å². The van der Waals surface area contributed by atoms with Gasteiger partial charge in [0.05, 0.1) is 6.54 Å². The van der Waals surface area contributed by atoms with Crippen LogP contribution in [-0.4, -0.2) is 48.4 Å². The Morgan fingerprint density at radius 3 is 3.18 bits per heavy atom. The van der Waals surface area contributed by atoms with Gasteiger partial charge in [0.15, 0.2) is 5.01 Å². The first-order valence-electron chi connectivity index (χ1n) is 6.10. The summed E-state index contributed by atoms with van der Waals surface area (Å²) in [6.07, 6.45) is 5.47. The zero-order valence-electron chi connectivity index (χ0n) is 10.2. The number of carbonyl (C=O) groups is 1. The fraction of sp³-hybridized carbons (Fsp3) is 0.667. The Morgan fingerprint density at radius 2 is 2.53 bits per heavy atom. The van der Waals surface area contributed by atoms with Gasteiger partial charge in [0, 0.05) is 24.2 Å². The molecule has 1 fully saturated rings. The number of nitrogens with one attached hydrogen (secondary N) is 1. The van der Waals surface area contributed by atoms with Crippen LogP contribution in [0.3, 0.4) is 0 Å². The highest BCUT2D eigenvalue weighted by molar-refractivity contribution is 7.11. The van der Waals surface area contributed by atoms with Gasteiger partial charge in [-0.15, -0.1) is 11.3 Å². The quantitative estimate of drug-likeness (QED) is 0.806. The molecule has 1 aromatic heterocycles. The van der Waals surface area contributed by atoms with E-state index in [-0.39, 0.29) is 5.78 Å². The summed E-state index contributed by atoms with van der Waals surface area (Å²) in [6, 6.07) is 0.540. The van der Waals surface area contributed by atoms with Crippen molar-refractivity contribution in [1.29, 1.82) is 0 Å². The lowest BCUT2D eigenvalue weighted by Gasteiger charge is -2.27. The maximum Gasteiger partial charge on any atom is 0.205 e. The molecule has 0 saturated carbocycles. The fourth-order valence-electron chi connectivity index (χ4n) is 2.19. The summed E-state index contributed by atoms with van der Waals surface area (Å²) in [7, 11) is 2.00. The van der Waals surface area contributed by atoms with E-state index in [0.717, 1.165) is 13.1 Å². The standard InChI is InChI=1S/C12H19N3OS/c1-15(8-10-4-2-3-5-13-10)9-11(16)12-14-6-7-17-12/h6-7,10,13H,2-5,8-9H2,1H3. The smallest absolute Gasteiger partial charge is 0.205 e. The first-order valence-corrected chi connectivity index (χ1v) is 6.98.